The Balaban J connectivity index is 1.83. The molecule has 1 unspecified atom stereocenters. The van der Waals surface area contributed by atoms with Crippen molar-refractivity contribution in [3.05, 3.63) is 0 Å². The molecule has 0 aromatic rings. The van der Waals surface area contributed by atoms with Gasteiger partial charge in [0, 0.05) is 25.7 Å². The number of ether oxygens (including phenoxy) is 1. The summed E-state index contributed by atoms with van der Waals surface area (Å²) in [4.78, 5) is 0. The van der Waals surface area contributed by atoms with Crippen LogP contribution >= 0.6 is 0 Å². The first-order valence-electron chi connectivity index (χ1n) is 5.31. The zero-order valence-corrected chi connectivity index (χ0v) is 8.81. The maximum Gasteiger partial charge on any atom is 0.0591 e. The van der Waals surface area contributed by atoms with Crippen molar-refractivity contribution in [2.75, 3.05) is 32.8 Å². The minimum absolute atomic E-state index is 0.646. The lowest BCUT2D eigenvalue weighted by Crippen LogP contribution is -2.33. The van der Waals surface area contributed by atoms with Crippen LogP contribution in [0.4, 0.5) is 0 Å². The predicted molar refractivity (Wildman–Crippen MR) is 54.9 cm³/mol. The molecule has 2 N–H and O–H groups in total. The smallest absolute Gasteiger partial charge is 0.0591 e. The first-order valence-corrected chi connectivity index (χ1v) is 5.31. The molecular formula is C10H22N2O. The van der Waals surface area contributed by atoms with Gasteiger partial charge in [-0.25, -0.2) is 0 Å². The maximum atomic E-state index is 5.47. The number of hydrogen-bond acceptors (Lipinski definition) is 3. The molecular weight excluding hydrogens is 164 g/mol. The topological polar surface area (TPSA) is 33.3 Å². The van der Waals surface area contributed by atoms with Crippen molar-refractivity contribution >= 4 is 0 Å². The Hall–Kier alpha value is -0.120. The van der Waals surface area contributed by atoms with Gasteiger partial charge >= 0.3 is 0 Å². The number of hydrogen-bond donors (Lipinski definition) is 2. The van der Waals surface area contributed by atoms with Crippen molar-refractivity contribution in [1.29, 1.82) is 0 Å². The molecule has 1 aliphatic heterocycles. The van der Waals surface area contributed by atoms with Gasteiger partial charge in [0.2, 0.25) is 0 Å². The van der Waals surface area contributed by atoms with E-state index in [1.165, 1.54) is 6.42 Å². The van der Waals surface area contributed by atoms with E-state index in [1.54, 1.807) is 0 Å². The van der Waals surface area contributed by atoms with Crippen LogP contribution in [0, 0.1) is 5.92 Å². The second kappa shape index (κ2) is 6.35. The third-order valence-electron chi connectivity index (χ3n) is 2.19. The molecule has 3 nitrogen and oxygen atoms in total. The van der Waals surface area contributed by atoms with E-state index < -0.39 is 0 Å². The summed E-state index contributed by atoms with van der Waals surface area (Å²) in [6.07, 6.45) is 1.25. The third kappa shape index (κ3) is 5.24. The van der Waals surface area contributed by atoms with Crippen LogP contribution in [0.3, 0.4) is 0 Å². The van der Waals surface area contributed by atoms with Gasteiger partial charge in [-0.15, -0.1) is 0 Å². The van der Waals surface area contributed by atoms with Crippen LogP contribution in [0.1, 0.15) is 20.3 Å². The molecule has 0 amide bonds. The van der Waals surface area contributed by atoms with Crippen molar-refractivity contribution in [1.82, 2.24) is 10.6 Å². The second-order valence-corrected chi connectivity index (χ2v) is 4.11. The summed E-state index contributed by atoms with van der Waals surface area (Å²) in [5.74, 6) is 0.646. The van der Waals surface area contributed by atoms with Crippen LogP contribution in [0.15, 0.2) is 0 Å². The van der Waals surface area contributed by atoms with Crippen LogP contribution in [0.2, 0.25) is 0 Å². The van der Waals surface area contributed by atoms with Gasteiger partial charge in [-0.3, -0.25) is 0 Å². The van der Waals surface area contributed by atoms with E-state index in [-0.39, 0.29) is 0 Å². The highest BCUT2D eigenvalue weighted by atomic mass is 16.5. The van der Waals surface area contributed by atoms with Crippen molar-refractivity contribution in [2.24, 2.45) is 5.92 Å². The molecule has 0 aromatic carbocycles. The Morgan fingerprint density at radius 3 is 3.00 bits per heavy atom. The van der Waals surface area contributed by atoms with Gasteiger partial charge in [-0.05, 0) is 18.9 Å². The summed E-state index contributed by atoms with van der Waals surface area (Å²) in [5, 5.41) is 6.80. The summed E-state index contributed by atoms with van der Waals surface area (Å²) in [6, 6.07) is 0.669. The predicted octanol–water partition coefficient (Wildman–Crippen LogP) is 0.611. The van der Waals surface area contributed by atoms with Crippen LogP contribution in [-0.2, 0) is 4.74 Å². The van der Waals surface area contributed by atoms with Crippen LogP contribution in [0.25, 0.3) is 0 Å². The maximum absolute atomic E-state index is 5.47. The molecule has 0 aliphatic carbocycles. The molecule has 0 spiro atoms. The number of rotatable bonds is 6. The van der Waals surface area contributed by atoms with Gasteiger partial charge in [0.25, 0.3) is 0 Å². The average Bonchev–Trinajstić information content (AvgIpc) is 2.55. The molecule has 1 fully saturated rings. The van der Waals surface area contributed by atoms with Gasteiger partial charge in [0.15, 0.2) is 0 Å². The monoisotopic (exact) mass is 186 g/mol. The zero-order valence-electron chi connectivity index (χ0n) is 8.81. The largest absolute Gasteiger partial charge is 0.380 e. The zero-order chi connectivity index (χ0) is 9.52. The fourth-order valence-corrected chi connectivity index (χ4v) is 1.48. The fourth-order valence-electron chi connectivity index (χ4n) is 1.48. The molecule has 78 valence electrons. The standard InChI is InChI=1S/C10H22N2O/c1-9(2)8-13-6-5-12-10-3-4-11-7-10/h9-12H,3-8H2,1-2H3. The van der Waals surface area contributed by atoms with Gasteiger partial charge in [0.1, 0.15) is 0 Å². The Kier molecular flexibility index (Phi) is 5.35. The summed E-state index contributed by atoms with van der Waals surface area (Å²) >= 11 is 0. The minimum Gasteiger partial charge on any atom is -0.380 e. The van der Waals surface area contributed by atoms with Gasteiger partial charge in [-0.1, -0.05) is 13.8 Å². The van der Waals surface area contributed by atoms with Gasteiger partial charge in [-0.2, -0.15) is 0 Å². The molecule has 0 saturated carbocycles. The molecule has 1 rings (SSSR count). The molecule has 0 radical (unpaired) electrons. The Morgan fingerprint density at radius 2 is 2.38 bits per heavy atom. The SMILES string of the molecule is CC(C)COCCNC1CCNC1. The van der Waals surface area contributed by atoms with Gasteiger partial charge < -0.3 is 15.4 Å². The van der Waals surface area contributed by atoms with Crippen LogP contribution in [0.5, 0.6) is 0 Å². The molecule has 1 atom stereocenters. The van der Waals surface area contributed by atoms with Crippen LogP contribution in [-0.4, -0.2) is 38.9 Å². The van der Waals surface area contributed by atoms with Gasteiger partial charge in [0.05, 0.1) is 6.61 Å². The number of nitrogens with one attached hydrogen (secondary N) is 2. The summed E-state index contributed by atoms with van der Waals surface area (Å²) in [6.45, 7) is 9.33. The Labute approximate surface area is 81.2 Å². The fraction of sp³-hybridized carbons (Fsp3) is 1.00. The molecule has 1 saturated heterocycles. The third-order valence-corrected chi connectivity index (χ3v) is 2.19. The molecule has 13 heavy (non-hydrogen) atoms. The van der Waals surface area contributed by atoms with Crippen molar-refractivity contribution < 1.29 is 4.74 Å². The van der Waals surface area contributed by atoms with Crippen molar-refractivity contribution in [2.45, 2.75) is 26.3 Å². The average molecular weight is 186 g/mol. The summed E-state index contributed by atoms with van der Waals surface area (Å²) in [7, 11) is 0. The molecule has 0 bridgehead atoms. The summed E-state index contributed by atoms with van der Waals surface area (Å²) in [5.41, 5.74) is 0. The molecule has 1 heterocycles. The highest BCUT2D eigenvalue weighted by Gasteiger charge is 2.12. The Bertz CT molecular complexity index is 122. The summed E-state index contributed by atoms with van der Waals surface area (Å²) < 4.78 is 5.47. The Morgan fingerprint density at radius 1 is 1.54 bits per heavy atom. The van der Waals surface area contributed by atoms with E-state index in [0.717, 1.165) is 32.8 Å². The molecule has 1 aliphatic rings. The molecule has 0 aromatic heterocycles. The van der Waals surface area contributed by atoms with E-state index in [4.69, 9.17) is 4.74 Å². The molecule has 3 heteroatoms. The quantitative estimate of drug-likeness (QED) is 0.596. The first-order chi connectivity index (χ1) is 6.29. The van der Waals surface area contributed by atoms with E-state index in [2.05, 4.69) is 24.5 Å². The lowest BCUT2D eigenvalue weighted by molar-refractivity contribution is 0.110. The second-order valence-electron chi connectivity index (χ2n) is 4.11. The normalized spacial score (nSPS) is 22.8. The lowest BCUT2D eigenvalue weighted by Gasteiger charge is -2.11. The van der Waals surface area contributed by atoms with E-state index in [9.17, 15) is 0 Å². The van der Waals surface area contributed by atoms with Crippen molar-refractivity contribution in [3.63, 3.8) is 0 Å². The van der Waals surface area contributed by atoms with E-state index >= 15 is 0 Å². The van der Waals surface area contributed by atoms with Crippen LogP contribution < -0.4 is 10.6 Å². The van der Waals surface area contributed by atoms with E-state index in [0.29, 0.717) is 12.0 Å². The lowest BCUT2D eigenvalue weighted by atomic mass is 10.2. The van der Waals surface area contributed by atoms with E-state index in [1.807, 2.05) is 0 Å². The first kappa shape index (κ1) is 11.0. The highest BCUT2D eigenvalue weighted by Crippen LogP contribution is 1.96. The highest BCUT2D eigenvalue weighted by molar-refractivity contribution is 4.76. The minimum atomic E-state index is 0.646. The van der Waals surface area contributed by atoms with Crippen molar-refractivity contribution in [3.8, 4) is 0 Å².